The molecule has 0 saturated heterocycles. The van der Waals surface area contributed by atoms with Gasteiger partial charge in [0, 0.05) is 18.4 Å². The topological polar surface area (TPSA) is 64.1 Å². The third-order valence-electron chi connectivity index (χ3n) is 3.67. The van der Waals surface area contributed by atoms with Crippen LogP contribution in [0.4, 0.5) is 14.7 Å². The van der Waals surface area contributed by atoms with E-state index in [0.29, 0.717) is 18.8 Å². The number of ether oxygens (including phenoxy) is 1. The molecule has 0 fully saturated rings. The number of benzene rings is 1. The standard InChI is InChI=1S/C16H15F2N3O2/c1-2-23-15(22)11-7-19-16(20-8-11)21-12-3-9-5-13(17)14(18)6-10(9)4-12/h5-8,12H,2-4H2,1H3,(H,19,20,21). The van der Waals surface area contributed by atoms with Gasteiger partial charge in [-0.3, -0.25) is 0 Å². The Labute approximate surface area is 131 Å². The summed E-state index contributed by atoms with van der Waals surface area (Å²) in [5.74, 6) is -1.78. The van der Waals surface area contributed by atoms with Crippen LogP contribution in [0.2, 0.25) is 0 Å². The Morgan fingerprint density at radius 2 is 1.78 bits per heavy atom. The molecule has 0 spiro atoms. The predicted molar refractivity (Wildman–Crippen MR) is 79.2 cm³/mol. The highest BCUT2D eigenvalue weighted by atomic mass is 19.2. The molecule has 0 radical (unpaired) electrons. The number of nitrogens with zero attached hydrogens (tertiary/aromatic N) is 2. The average molecular weight is 319 g/mol. The predicted octanol–water partition coefficient (Wildman–Crippen LogP) is 2.51. The summed E-state index contributed by atoms with van der Waals surface area (Å²) in [7, 11) is 0. The number of rotatable bonds is 4. The van der Waals surface area contributed by atoms with E-state index >= 15 is 0 Å². The van der Waals surface area contributed by atoms with Crippen molar-refractivity contribution in [3.8, 4) is 0 Å². The summed E-state index contributed by atoms with van der Waals surface area (Å²) < 4.78 is 31.3. The number of halogens is 2. The molecule has 7 heteroatoms. The van der Waals surface area contributed by atoms with Gasteiger partial charge in [-0.25, -0.2) is 23.5 Å². The van der Waals surface area contributed by atoms with Crippen LogP contribution >= 0.6 is 0 Å². The smallest absolute Gasteiger partial charge is 0.341 e. The van der Waals surface area contributed by atoms with Crippen molar-refractivity contribution in [3.63, 3.8) is 0 Å². The molecular weight excluding hydrogens is 304 g/mol. The third kappa shape index (κ3) is 3.28. The molecule has 23 heavy (non-hydrogen) atoms. The van der Waals surface area contributed by atoms with Crippen molar-refractivity contribution in [2.24, 2.45) is 0 Å². The summed E-state index contributed by atoms with van der Waals surface area (Å²) in [5, 5.41) is 3.11. The van der Waals surface area contributed by atoms with Crippen LogP contribution in [-0.2, 0) is 17.6 Å². The number of aromatic nitrogens is 2. The molecule has 0 unspecified atom stereocenters. The lowest BCUT2D eigenvalue weighted by Crippen LogP contribution is -2.21. The minimum Gasteiger partial charge on any atom is -0.462 e. The van der Waals surface area contributed by atoms with Gasteiger partial charge in [-0.15, -0.1) is 0 Å². The van der Waals surface area contributed by atoms with Gasteiger partial charge in [0.25, 0.3) is 0 Å². The minimum absolute atomic E-state index is 0.0420. The van der Waals surface area contributed by atoms with Crippen molar-refractivity contribution in [1.82, 2.24) is 9.97 Å². The van der Waals surface area contributed by atoms with Crippen LogP contribution in [0.25, 0.3) is 0 Å². The first-order valence-corrected chi connectivity index (χ1v) is 7.29. The van der Waals surface area contributed by atoms with Crippen LogP contribution in [0, 0.1) is 11.6 Å². The van der Waals surface area contributed by atoms with E-state index < -0.39 is 17.6 Å². The van der Waals surface area contributed by atoms with E-state index in [9.17, 15) is 13.6 Å². The van der Waals surface area contributed by atoms with Crippen LogP contribution in [0.5, 0.6) is 0 Å². The summed E-state index contributed by atoms with van der Waals surface area (Å²) in [6.07, 6.45) is 3.90. The quantitative estimate of drug-likeness (QED) is 0.877. The van der Waals surface area contributed by atoms with Crippen LogP contribution in [0.3, 0.4) is 0 Å². The normalized spacial score (nSPS) is 13.7. The summed E-state index contributed by atoms with van der Waals surface area (Å²) in [6, 6.07) is 2.42. The second-order valence-electron chi connectivity index (χ2n) is 5.30. The van der Waals surface area contributed by atoms with E-state index in [0.717, 1.165) is 11.1 Å². The Kier molecular flexibility index (Phi) is 4.18. The zero-order chi connectivity index (χ0) is 16.4. The van der Waals surface area contributed by atoms with Gasteiger partial charge in [-0.2, -0.15) is 0 Å². The number of carbonyl (C=O) groups is 1. The number of anilines is 1. The maximum atomic E-state index is 13.2. The number of fused-ring (bicyclic) bond motifs is 1. The zero-order valence-electron chi connectivity index (χ0n) is 12.5. The highest BCUT2D eigenvalue weighted by molar-refractivity contribution is 5.88. The van der Waals surface area contributed by atoms with Gasteiger partial charge in [0.1, 0.15) is 0 Å². The van der Waals surface area contributed by atoms with Gasteiger partial charge in [0.05, 0.1) is 12.2 Å². The molecule has 120 valence electrons. The van der Waals surface area contributed by atoms with Gasteiger partial charge in [0.15, 0.2) is 11.6 Å². The SMILES string of the molecule is CCOC(=O)c1cnc(NC2Cc3cc(F)c(F)cc3C2)nc1. The zero-order valence-corrected chi connectivity index (χ0v) is 12.5. The fourth-order valence-corrected chi connectivity index (χ4v) is 2.62. The summed E-state index contributed by atoms with van der Waals surface area (Å²) in [6.45, 7) is 2.00. The first kappa shape index (κ1) is 15.3. The van der Waals surface area contributed by atoms with Gasteiger partial charge < -0.3 is 10.1 Å². The lowest BCUT2D eigenvalue weighted by atomic mass is 10.1. The van der Waals surface area contributed by atoms with E-state index in [4.69, 9.17) is 4.74 Å². The van der Waals surface area contributed by atoms with Gasteiger partial charge in [-0.1, -0.05) is 0 Å². The summed E-state index contributed by atoms with van der Waals surface area (Å²) in [5.41, 5.74) is 1.84. The largest absolute Gasteiger partial charge is 0.462 e. The monoisotopic (exact) mass is 319 g/mol. The fourth-order valence-electron chi connectivity index (χ4n) is 2.62. The van der Waals surface area contributed by atoms with E-state index in [2.05, 4.69) is 15.3 Å². The molecule has 1 aromatic heterocycles. The molecule has 5 nitrogen and oxygen atoms in total. The Morgan fingerprint density at radius 1 is 1.22 bits per heavy atom. The van der Waals surface area contributed by atoms with E-state index in [1.165, 1.54) is 24.5 Å². The van der Waals surface area contributed by atoms with Crippen LogP contribution in [0.15, 0.2) is 24.5 Å². The minimum atomic E-state index is -0.834. The van der Waals surface area contributed by atoms with Crippen molar-refractivity contribution in [2.45, 2.75) is 25.8 Å². The molecular formula is C16H15F2N3O2. The first-order chi connectivity index (χ1) is 11.1. The molecule has 1 heterocycles. The Bertz CT molecular complexity index is 704. The number of esters is 1. The molecule has 2 aromatic rings. The van der Waals surface area contributed by atoms with Crippen molar-refractivity contribution in [2.75, 3.05) is 11.9 Å². The molecule has 0 amide bonds. The van der Waals surface area contributed by atoms with E-state index in [1.54, 1.807) is 6.92 Å². The number of nitrogens with one attached hydrogen (secondary N) is 1. The Balaban J connectivity index is 1.66. The number of carbonyl (C=O) groups excluding carboxylic acids is 1. The van der Waals surface area contributed by atoms with Crippen molar-refractivity contribution in [3.05, 3.63) is 52.9 Å². The molecule has 0 saturated carbocycles. The van der Waals surface area contributed by atoms with Gasteiger partial charge >= 0.3 is 5.97 Å². The fraction of sp³-hybridized carbons (Fsp3) is 0.312. The molecule has 1 aromatic carbocycles. The number of hydrogen-bond acceptors (Lipinski definition) is 5. The van der Waals surface area contributed by atoms with Crippen LogP contribution in [0.1, 0.15) is 28.4 Å². The second-order valence-corrected chi connectivity index (χ2v) is 5.30. The lowest BCUT2D eigenvalue weighted by molar-refractivity contribution is 0.0525. The Hall–Kier alpha value is -2.57. The van der Waals surface area contributed by atoms with Crippen molar-refractivity contribution >= 4 is 11.9 Å². The maximum Gasteiger partial charge on any atom is 0.341 e. The molecule has 1 aliphatic rings. The highest BCUT2D eigenvalue weighted by Gasteiger charge is 2.24. The lowest BCUT2D eigenvalue weighted by Gasteiger charge is -2.11. The molecule has 1 aliphatic carbocycles. The third-order valence-corrected chi connectivity index (χ3v) is 3.67. The summed E-state index contributed by atoms with van der Waals surface area (Å²) >= 11 is 0. The van der Waals surface area contributed by atoms with Crippen molar-refractivity contribution < 1.29 is 18.3 Å². The molecule has 0 aliphatic heterocycles. The van der Waals surface area contributed by atoms with E-state index in [1.807, 2.05) is 0 Å². The van der Waals surface area contributed by atoms with Crippen molar-refractivity contribution in [1.29, 1.82) is 0 Å². The first-order valence-electron chi connectivity index (χ1n) is 7.29. The molecule has 0 bridgehead atoms. The second kappa shape index (κ2) is 6.28. The molecule has 1 N–H and O–H groups in total. The summed E-state index contributed by atoms with van der Waals surface area (Å²) in [4.78, 5) is 19.7. The Morgan fingerprint density at radius 3 is 2.30 bits per heavy atom. The number of hydrogen-bond donors (Lipinski definition) is 1. The molecule has 0 atom stereocenters. The highest BCUT2D eigenvalue weighted by Crippen LogP contribution is 2.26. The maximum absolute atomic E-state index is 13.2. The average Bonchev–Trinajstić information content (AvgIpc) is 2.90. The van der Waals surface area contributed by atoms with Crippen LogP contribution < -0.4 is 5.32 Å². The van der Waals surface area contributed by atoms with Gasteiger partial charge in [0.2, 0.25) is 5.95 Å². The van der Waals surface area contributed by atoms with Crippen LogP contribution in [-0.4, -0.2) is 28.6 Å². The molecule has 3 rings (SSSR count). The van der Waals surface area contributed by atoms with Gasteiger partial charge in [-0.05, 0) is 43.0 Å². The van der Waals surface area contributed by atoms with E-state index in [-0.39, 0.29) is 18.2 Å².